The second kappa shape index (κ2) is 11.7. The number of benzene rings is 1. The average molecular weight is 359 g/mol. The van der Waals surface area contributed by atoms with E-state index in [4.69, 9.17) is 0 Å². The lowest BCUT2D eigenvalue weighted by Crippen LogP contribution is -2.38. The molecular weight excluding hydrogens is 324 g/mol. The molecule has 26 heavy (non-hydrogen) atoms. The van der Waals surface area contributed by atoms with Gasteiger partial charge in [0.2, 0.25) is 11.8 Å². The van der Waals surface area contributed by atoms with Crippen LogP contribution in [0.1, 0.15) is 63.9 Å². The molecule has 1 aromatic carbocycles. The van der Waals surface area contributed by atoms with Crippen molar-refractivity contribution in [3.63, 3.8) is 0 Å². The van der Waals surface area contributed by atoms with Crippen LogP contribution in [0.4, 0.5) is 0 Å². The highest BCUT2D eigenvalue weighted by Crippen LogP contribution is 2.29. The van der Waals surface area contributed by atoms with E-state index >= 15 is 0 Å². The number of hydrogen-bond donors (Lipinski definition) is 2. The molecule has 4 heteroatoms. The van der Waals surface area contributed by atoms with E-state index in [1.54, 1.807) is 0 Å². The standard InChI is InChI=1S/C22H34N2O2/c1-2-3-7-16-23-21(25)19-12-14-20(15-13-19)22(26)24-17-8-11-18-9-5-4-6-10-18/h4-6,9-10,19-20H,2-3,7-8,11-17H2,1H3,(H,23,25)(H,24,26). The second-order valence-corrected chi connectivity index (χ2v) is 7.43. The van der Waals surface area contributed by atoms with Gasteiger partial charge in [0, 0.05) is 24.9 Å². The minimum atomic E-state index is 0.0795. The number of aryl methyl sites for hydroxylation is 1. The van der Waals surface area contributed by atoms with Gasteiger partial charge in [-0.15, -0.1) is 0 Å². The van der Waals surface area contributed by atoms with E-state index in [9.17, 15) is 9.59 Å². The van der Waals surface area contributed by atoms with E-state index in [0.29, 0.717) is 0 Å². The van der Waals surface area contributed by atoms with E-state index in [1.807, 2.05) is 18.2 Å². The molecule has 4 nitrogen and oxygen atoms in total. The van der Waals surface area contributed by atoms with Crippen LogP contribution < -0.4 is 10.6 Å². The first-order valence-electron chi connectivity index (χ1n) is 10.3. The SMILES string of the molecule is CCCCCNC(=O)C1CCC(C(=O)NCCCc2ccccc2)CC1. The summed E-state index contributed by atoms with van der Waals surface area (Å²) in [6.45, 7) is 3.68. The van der Waals surface area contributed by atoms with Crippen molar-refractivity contribution in [1.29, 1.82) is 0 Å². The van der Waals surface area contributed by atoms with Crippen LogP contribution in [0.3, 0.4) is 0 Å². The summed E-state index contributed by atoms with van der Waals surface area (Å²) in [5, 5.41) is 6.12. The van der Waals surface area contributed by atoms with Gasteiger partial charge < -0.3 is 10.6 Å². The van der Waals surface area contributed by atoms with Gasteiger partial charge in [-0.2, -0.15) is 0 Å². The highest BCUT2D eigenvalue weighted by atomic mass is 16.2. The summed E-state index contributed by atoms with van der Waals surface area (Å²) >= 11 is 0. The Kier molecular flexibility index (Phi) is 9.22. The van der Waals surface area contributed by atoms with Gasteiger partial charge in [-0.05, 0) is 50.5 Å². The van der Waals surface area contributed by atoms with Gasteiger partial charge in [-0.3, -0.25) is 9.59 Å². The molecule has 144 valence electrons. The molecule has 0 bridgehead atoms. The van der Waals surface area contributed by atoms with Crippen LogP contribution in [0.15, 0.2) is 30.3 Å². The molecule has 2 rings (SSSR count). The van der Waals surface area contributed by atoms with Crippen LogP contribution in [0.2, 0.25) is 0 Å². The second-order valence-electron chi connectivity index (χ2n) is 7.43. The normalized spacial score (nSPS) is 19.7. The Labute approximate surface area is 158 Å². The summed E-state index contributed by atoms with van der Waals surface area (Å²) < 4.78 is 0. The van der Waals surface area contributed by atoms with Crippen molar-refractivity contribution in [3.05, 3.63) is 35.9 Å². The maximum Gasteiger partial charge on any atom is 0.223 e. The van der Waals surface area contributed by atoms with Crippen LogP contribution in [-0.4, -0.2) is 24.9 Å². The van der Waals surface area contributed by atoms with Gasteiger partial charge in [-0.1, -0.05) is 50.1 Å². The molecule has 0 aromatic heterocycles. The van der Waals surface area contributed by atoms with Crippen LogP contribution in [-0.2, 0) is 16.0 Å². The fraction of sp³-hybridized carbons (Fsp3) is 0.636. The van der Waals surface area contributed by atoms with E-state index < -0.39 is 0 Å². The molecular formula is C22H34N2O2. The third-order valence-electron chi connectivity index (χ3n) is 5.33. The van der Waals surface area contributed by atoms with Crippen LogP contribution in [0.5, 0.6) is 0 Å². The predicted octanol–water partition coefficient (Wildman–Crippen LogP) is 3.85. The fourth-order valence-electron chi connectivity index (χ4n) is 3.64. The number of carbonyl (C=O) groups excluding carboxylic acids is 2. The number of hydrogen-bond acceptors (Lipinski definition) is 2. The lowest BCUT2D eigenvalue weighted by atomic mass is 9.81. The van der Waals surface area contributed by atoms with E-state index in [-0.39, 0.29) is 23.7 Å². The van der Waals surface area contributed by atoms with Gasteiger partial charge in [0.1, 0.15) is 0 Å². The molecule has 1 fully saturated rings. The van der Waals surface area contributed by atoms with Crippen LogP contribution >= 0.6 is 0 Å². The van der Waals surface area contributed by atoms with E-state index in [0.717, 1.165) is 64.5 Å². The largest absolute Gasteiger partial charge is 0.356 e. The third kappa shape index (κ3) is 7.19. The Morgan fingerprint density at radius 3 is 1.92 bits per heavy atom. The van der Waals surface area contributed by atoms with Gasteiger partial charge in [0.25, 0.3) is 0 Å². The van der Waals surface area contributed by atoms with Gasteiger partial charge in [0.05, 0.1) is 0 Å². The average Bonchev–Trinajstić information content (AvgIpc) is 2.69. The Hall–Kier alpha value is -1.84. The predicted molar refractivity (Wildman–Crippen MR) is 106 cm³/mol. The van der Waals surface area contributed by atoms with Crippen molar-refractivity contribution >= 4 is 11.8 Å². The maximum atomic E-state index is 12.3. The molecule has 0 aliphatic heterocycles. The van der Waals surface area contributed by atoms with E-state index in [1.165, 1.54) is 12.0 Å². The third-order valence-corrected chi connectivity index (χ3v) is 5.33. The lowest BCUT2D eigenvalue weighted by molar-refractivity contribution is -0.130. The van der Waals surface area contributed by atoms with E-state index in [2.05, 4.69) is 29.7 Å². The first-order valence-corrected chi connectivity index (χ1v) is 10.3. The fourth-order valence-corrected chi connectivity index (χ4v) is 3.64. The van der Waals surface area contributed by atoms with Crippen molar-refractivity contribution in [2.75, 3.05) is 13.1 Å². The molecule has 2 N–H and O–H groups in total. The molecule has 0 spiro atoms. The summed E-state index contributed by atoms with van der Waals surface area (Å²) in [5.41, 5.74) is 1.31. The molecule has 0 heterocycles. The van der Waals surface area contributed by atoms with Crippen molar-refractivity contribution < 1.29 is 9.59 Å². The first-order chi connectivity index (χ1) is 12.7. The molecule has 0 saturated heterocycles. The summed E-state index contributed by atoms with van der Waals surface area (Å²) in [5.74, 6) is 0.525. The number of nitrogens with one attached hydrogen (secondary N) is 2. The summed E-state index contributed by atoms with van der Waals surface area (Å²) in [6, 6.07) is 10.4. The number of rotatable bonds is 10. The zero-order valence-corrected chi connectivity index (χ0v) is 16.1. The van der Waals surface area contributed by atoms with Gasteiger partial charge in [0.15, 0.2) is 0 Å². The molecule has 2 amide bonds. The van der Waals surface area contributed by atoms with Crippen molar-refractivity contribution in [1.82, 2.24) is 10.6 Å². The smallest absolute Gasteiger partial charge is 0.223 e. The Morgan fingerprint density at radius 1 is 0.846 bits per heavy atom. The van der Waals surface area contributed by atoms with Crippen molar-refractivity contribution in [2.24, 2.45) is 11.8 Å². The molecule has 0 unspecified atom stereocenters. The lowest BCUT2D eigenvalue weighted by Gasteiger charge is -2.27. The monoisotopic (exact) mass is 358 g/mol. The molecule has 0 radical (unpaired) electrons. The topological polar surface area (TPSA) is 58.2 Å². The minimum absolute atomic E-state index is 0.0795. The quantitative estimate of drug-likeness (QED) is 0.624. The summed E-state index contributed by atoms with van der Waals surface area (Å²) in [4.78, 5) is 24.5. The number of amides is 2. The highest BCUT2D eigenvalue weighted by Gasteiger charge is 2.29. The maximum absolute atomic E-state index is 12.3. The summed E-state index contributed by atoms with van der Waals surface area (Å²) in [7, 11) is 0. The van der Waals surface area contributed by atoms with Crippen molar-refractivity contribution in [2.45, 2.75) is 64.7 Å². The molecule has 1 aromatic rings. The number of unbranched alkanes of at least 4 members (excludes halogenated alkanes) is 2. The molecule has 1 aliphatic carbocycles. The first kappa shape index (κ1) is 20.5. The zero-order chi connectivity index (χ0) is 18.6. The highest BCUT2D eigenvalue weighted by molar-refractivity contribution is 5.81. The Bertz CT molecular complexity index is 536. The Balaban J connectivity index is 1.58. The minimum Gasteiger partial charge on any atom is -0.356 e. The molecule has 1 aliphatic rings. The number of carbonyl (C=O) groups is 2. The Morgan fingerprint density at radius 2 is 1.38 bits per heavy atom. The molecule has 0 atom stereocenters. The van der Waals surface area contributed by atoms with Crippen molar-refractivity contribution in [3.8, 4) is 0 Å². The van der Waals surface area contributed by atoms with Gasteiger partial charge >= 0.3 is 0 Å². The van der Waals surface area contributed by atoms with Crippen LogP contribution in [0, 0.1) is 11.8 Å². The summed E-state index contributed by atoms with van der Waals surface area (Å²) in [6.07, 6.45) is 8.68. The van der Waals surface area contributed by atoms with Crippen LogP contribution in [0.25, 0.3) is 0 Å². The zero-order valence-electron chi connectivity index (χ0n) is 16.1. The molecule has 1 saturated carbocycles. The van der Waals surface area contributed by atoms with Gasteiger partial charge in [-0.25, -0.2) is 0 Å².